The summed E-state index contributed by atoms with van der Waals surface area (Å²) in [5.74, 6) is 1.20. The Morgan fingerprint density at radius 2 is 2.14 bits per heavy atom. The van der Waals surface area contributed by atoms with Gasteiger partial charge in [0.25, 0.3) is 0 Å². The van der Waals surface area contributed by atoms with Crippen LogP contribution in [0.15, 0.2) is 54.9 Å². The summed E-state index contributed by atoms with van der Waals surface area (Å²) in [4.78, 5) is 23.6. The van der Waals surface area contributed by atoms with E-state index in [9.17, 15) is 9.18 Å². The van der Waals surface area contributed by atoms with Crippen LogP contribution in [0.2, 0.25) is 0 Å². The third kappa shape index (κ3) is 6.39. The Morgan fingerprint density at radius 1 is 1.22 bits per heavy atom. The number of ether oxygens (including phenoxy) is 1. The van der Waals surface area contributed by atoms with Gasteiger partial charge in [-0.3, -0.25) is 9.89 Å². The van der Waals surface area contributed by atoms with Crippen molar-refractivity contribution in [1.82, 2.24) is 25.1 Å². The average Bonchev–Trinajstić information content (AvgIpc) is 3.50. The van der Waals surface area contributed by atoms with E-state index in [0.717, 1.165) is 29.6 Å². The van der Waals surface area contributed by atoms with Crippen molar-refractivity contribution in [2.45, 2.75) is 38.6 Å². The van der Waals surface area contributed by atoms with E-state index >= 15 is 0 Å². The lowest BCUT2D eigenvalue weighted by molar-refractivity contribution is -0.115. The zero-order chi connectivity index (χ0) is 25.6. The van der Waals surface area contributed by atoms with Gasteiger partial charge in [0.1, 0.15) is 23.7 Å². The quantitative estimate of drug-likeness (QED) is 0.270. The molecule has 1 atom stereocenters. The highest BCUT2D eigenvalue weighted by Crippen LogP contribution is 2.26. The molecule has 1 amide bonds. The first-order valence-corrected chi connectivity index (χ1v) is 12.5. The van der Waals surface area contributed by atoms with E-state index in [-0.39, 0.29) is 12.3 Å². The van der Waals surface area contributed by atoms with E-state index in [2.05, 4.69) is 42.6 Å². The second-order valence-corrected chi connectivity index (χ2v) is 9.27. The summed E-state index contributed by atoms with van der Waals surface area (Å²) in [5, 5.41) is 13.8. The molecule has 3 N–H and O–H groups in total. The lowest BCUT2D eigenvalue weighted by Gasteiger charge is -2.20. The van der Waals surface area contributed by atoms with Gasteiger partial charge in [-0.1, -0.05) is 6.07 Å². The van der Waals surface area contributed by atoms with E-state index in [1.165, 1.54) is 37.8 Å². The van der Waals surface area contributed by atoms with E-state index in [4.69, 9.17) is 4.74 Å². The van der Waals surface area contributed by atoms with Gasteiger partial charge in [-0.05, 0) is 63.1 Å². The minimum atomic E-state index is -0.409. The number of aromatic nitrogens is 4. The Kier molecular flexibility index (Phi) is 7.55. The molecular formula is C27H30FN7O2. The molecule has 1 aliphatic heterocycles. The molecule has 2 aromatic carbocycles. The summed E-state index contributed by atoms with van der Waals surface area (Å²) >= 11 is 0. The maximum Gasteiger partial charge on any atom is 0.230 e. The Hall–Kier alpha value is -4.05. The average molecular weight is 504 g/mol. The molecular weight excluding hydrogens is 473 g/mol. The molecule has 192 valence electrons. The number of hydrogen-bond acceptors (Lipinski definition) is 7. The molecule has 0 saturated carbocycles. The maximum atomic E-state index is 13.3. The van der Waals surface area contributed by atoms with Crippen molar-refractivity contribution in [2.75, 3.05) is 30.3 Å². The minimum absolute atomic E-state index is 0.0626. The van der Waals surface area contributed by atoms with E-state index < -0.39 is 5.82 Å². The second-order valence-electron chi connectivity index (χ2n) is 9.27. The van der Waals surface area contributed by atoms with Crippen LogP contribution in [0.25, 0.3) is 10.9 Å². The van der Waals surface area contributed by atoms with Gasteiger partial charge in [-0.25, -0.2) is 14.4 Å². The van der Waals surface area contributed by atoms with Crippen LogP contribution in [0.4, 0.5) is 21.7 Å². The molecule has 0 radical (unpaired) electrons. The number of amides is 1. The van der Waals surface area contributed by atoms with Crippen molar-refractivity contribution in [3.8, 4) is 5.75 Å². The molecule has 5 rings (SSSR count). The standard InChI is InChI=1S/C27H30FN7O2/c1-18-5-3-10-35(18)11-4-12-37-22-8-9-23-24(16-22)29-17-30-27(23)32-25-14-21(33-34-25)15-26(36)31-20-7-2-6-19(28)13-20/h2,6-9,13-14,16-18H,3-5,10-12,15H2,1H3,(H,31,36)(H2,29,30,32,33,34)/t18-/m1/s1. The van der Waals surface area contributed by atoms with E-state index in [0.29, 0.717) is 35.7 Å². The first-order valence-electron chi connectivity index (χ1n) is 12.5. The fraction of sp³-hybridized carbons (Fsp3) is 0.333. The predicted molar refractivity (Wildman–Crippen MR) is 141 cm³/mol. The Morgan fingerprint density at radius 3 is 2.97 bits per heavy atom. The van der Waals surface area contributed by atoms with Crippen molar-refractivity contribution in [1.29, 1.82) is 0 Å². The first-order chi connectivity index (χ1) is 18.0. The fourth-order valence-corrected chi connectivity index (χ4v) is 4.59. The van der Waals surface area contributed by atoms with Crippen LogP contribution >= 0.6 is 0 Å². The highest BCUT2D eigenvalue weighted by atomic mass is 19.1. The number of hydrogen-bond donors (Lipinski definition) is 3. The van der Waals surface area contributed by atoms with Gasteiger partial charge in [-0.2, -0.15) is 5.10 Å². The largest absolute Gasteiger partial charge is 0.493 e. The monoisotopic (exact) mass is 503 g/mol. The molecule has 37 heavy (non-hydrogen) atoms. The van der Waals surface area contributed by atoms with Crippen molar-refractivity contribution >= 4 is 34.1 Å². The predicted octanol–water partition coefficient (Wildman–Crippen LogP) is 4.67. The fourth-order valence-electron chi connectivity index (χ4n) is 4.59. The Bertz CT molecular complexity index is 1380. The smallest absolute Gasteiger partial charge is 0.230 e. The summed E-state index contributed by atoms with van der Waals surface area (Å²) in [6.07, 6.45) is 5.11. The number of carbonyl (C=O) groups is 1. The first kappa shape index (κ1) is 24.6. The number of nitrogens with one attached hydrogen (secondary N) is 3. The lowest BCUT2D eigenvalue weighted by atomic mass is 10.2. The zero-order valence-electron chi connectivity index (χ0n) is 20.7. The highest BCUT2D eigenvalue weighted by Gasteiger charge is 2.19. The Balaban J connectivity index is 1.17. The van der Waals surface area contributed by atoms with Gasteiger partial charge in [0, 0.05) is 41.5 Å². The molecule has 1 saturated heterocycles. The summed E-state index contributed by atoms with van der Waals surface area (Å²) < 4.78 is 19.3. The molecule has 3 heterocycles. The van der Waals surface area contributed by atoms with Crippen molar-refractivity contribution in [3.63, 3.8) is 0 Å². The van der Waals surface area contributed by atoms with Crippen molar-refractivity contribution in [3.05, 3.63) is 66.4 Å². The number of rotatable bonds is 10. The van der Waals surface area contributed by atoms with Crippen LogP contribution in [0.1, 0.15) is 31.9 Å². The minimum Gasteiger partial charge on any atom is -0.493 e. The third-order valence-electron chi connectivity index (χ3n) is 6.49. The van der Waals surface area contributed by atoms with Crippen LogP contribution in [-0.4, -0.2) is 56.7 Å². The van der Waals surface area contributed by atoms with Gasteiger partial charge >= 0.3 is 0 Å². The zero-order valence-corrected chi connectivity index (χ0v) is 20.7. The summed E-state index contributed by atoms with van der Waals surface area (Å²) in [6.45, 7) is 5.19. The third-order valence-corrected chi connectivity index (χ3v) is 6.49. The number of anilines is 3. The number of aromatic amines is 1. The van der Waals surface area contributed by atoms with Crippen molar-refractivity contribution < 1.29 is 13.9 Å². The number of H-pyrrole nitrogens is 1. The van der Waals surface area contributed by atoms with Gasteiger partial charge in [0.2, 0.25) is 5.91 Å². The SMILES string of the molecule is C[C@@H]1CCCN1CCCOc1ccc2c(Nc3cc(CC(=O)Nc4cccc(F)c4)[nH]n3)ncnc2c1. The van der Waals surface area contributed by atoms with Gasteiger partial charge in [0.15, 0.2) is 5.82 Å². The molecule has 10 heteroatoms. The molecule has 0 bridgehead atoms. The molecule has 0 aliphatic carbocycles. The van der Waals surface area contributed by atoms with Gasteiger partial charge < -0.3 is 20.3 Å². The lowest BCUT2D eigenvalue weighted by Crippen LogP contribution is -2.28. The van der Waals surface area contributed by atoms with Crippen LogP contribution in [0.5, 0.6) is 5.75 Å². The summed E-state index contributed by atoms with van der Waals surface area (Å²) in [7, 11) is 0. The summed E-state index contributed by atoms with van der Waals surface area (Å²) in [5.41, 5.74) is 1.77. The number of carbonyl (C=O) groups excluding carboxylic acids is 1. The molecule has 1 aliphatic rings. The van der Waals surface area contributed by atoms with Crippen molar-refractivity contribution in [2.24, 2.45) is 0 Å². The maximum absolute atomic E-state index is 13.3. The van der Waals surface area contributed by atoms with E-state index in [1.54, 1.807) is 18.2 Å². The van der Waals surface area contributed by atoms with Crippen LogP contribution in [0.3, 0.4) is 0 Å². The number of nitrogens with zero attached hydrogens (tertiary/aromatic N) is 4. The molecule has 4 aromatic rings. The van der Waals surface area contributed by atoms with Gasteiger partial charge in [-0.15, -0.1) is 0 Å². The topological polar surface area (TPSA) is 108 Å². The molecule has 2 aromatic heterocycles. The van der Waals surface area contributed by atoms with Crippen LogP contribution in [0, 0.1) is 5.82 Å². The second kappa shape index (κ2) is 11.3. The Labute approximate surface area is 214 Å². The normalized spacial score (nSPS) is 15.7. The van der Waals surface area contributed by atoms with Crippen LogP contribution < -0.4 is 15.4 Å². The van der Waals surface area contributed by atoms with Gasteiger partial charge in [0.05, 0.1) is 18.5 Å². The molecule has 0 spiro atoms. The number of halogens is 1. The van der Waals surface area contributed by atoms with E-state index in [1.807, 2.05) is 18.2 Å². The highest BCUT2D eigenvalue weighted by molar-refractivity contribution is 5.93. The molecule has 9 nitrogen and oxygen atoms in total. The number of benzene rings is 2. The molecule has 0 unspecified atom stereocenters. The summed E-state index contributed by atoms with van der Waals surface area (Å²) in [6, 6.07) is 13.9. The van der Waals surface area contributed by atoms with Crippen LogP contribution in [-0.2, 0) is 11.2 Å². The molecule has 1 fully saturated rings. The number of fused-ring (bicyclic) bond motifs is 1. The number of likely N-dealkylation sites (tertiary alicyclic amines) is 1.